The van der Waals surface area contributed by atoms with E-state index in [1.165, 1.54) is 5.56 Å². The summed E-state index contributed by atoms with van der Waals surface area (Å²) in [5, 5.41) is 11.4. The van der Waals surface area contributed by atoms with Gasteiger partial charge >= 0.3 is 0 Å². The zero-order valence-corrected chi connectivity index (χ0v) is 16.5. The zero-order chi connectivity index (χ0) is 19.2. The van der Waals surface area contributed by atoms with Crippen molar-refractivity contribution in [1.29, 1.82) is 0 Å². The molecule has 3 rings (SSSR count). The molecule has 2 aromatic carbocycles. The topological polar surface area (TPSA) is 67.2 Å². The van der Waals surface area contributed by atoms with Crippen LogP contribution < -0.4 is 10.3 Å². The summed E-state index contributed by atoms with van der Waals surface area (Å²) >= 11 is 5.30. The van der Waals surface area contributed by atoms with Gasteiger partial charge in [-0.05, 0) is 60.5 Å². The van der Waals surface area contributed by atoms with E-state index >= 15 is 0 Å². The van der Waals surface area contributed by atoms with Crippen molar-refractivity contribution in [2.45, 2.75) is 26.7 Å². The maximum Gasteiger partial charge on any atom is 0.216 e. The Kier molecular flexibility index (Phi) is 6.03. The molecular weight excluding hydrogens is 358 g/mol. The zero-order valence-electron chi connectivity index (χ0n) is 15.6. The molecule has 0 fully saturated rings. The number of H-pyrrole nitrogens is 1. The molecule has 0 atom stereocenters. The van der Waals surface area contributed by atoms with Crippen molar-refractivity contribution in [3.63, 3.8) is 0 Å². The molecule has 1 aromatic heterocycles. The van der Waals surface area contributed by atoms with Crippen LogP contribution in [0.4, 0.5) is 0 Å². The summed E-state index contributed by atoms with van der Waals surface area (Å²) in [6.45, 7) is 6.94. The minimum Gasteiger partial charge on any atom is -0.494 e. The minimum atomic E-state index is 0.436. The lowest BCUT2D eigenvalue weighted by Crippen LogP contribution is -2.10. The Balaban J connectivity index is 1.75. The van der Waals surface area contributed by atoms with E-state index in [-0.39, 0.29) is 0 Å². The van der Waals surface area contributed by atoms with Gasteiger partial charge in [-0.15, -0.1) is 0 Å². The molecule has 140 valence electrons. The summed E-state index contributed by atoms with van der Waals surface area (Å²) in [5.74, 6) is 1.98. The molecule has 7 heteroatoms. The Labute approximate surface area is 163 Å². The largest absolute Gasteiger partial charge is 0.494 e. The van der Waals surface area contributed by atoms with Gasteiger partial charge in [-0.1, -0.05) is 38.1 Å². The van der Waals surface area contributed by atoms with E-state index in [0.29, 0.717) is 23.1 Å². The van der Waals surface area contributed by atoms with E-state index in [1.807, 2.05) is 43.3 Å². The van der Waals surface area contributed by atoms with Crippen LogP contribution in [-0.4, -0.2) is 27.7 Å². The third-order valence-corrected chi connectivity index (χ3v) is 4.34. The number of ether oxygens (including phenoxy) is 1. The molecule has 3 aromatic rings. The molecule has 0 aliphatic heterocycles. The fourth-order valence-corrected chi connectivity index (χ4v) is 2.75. The highest BCUT2D eigenvalue weighted by atomic mass is 32.1. The third-order valence-electron chi connectivity index (χ3n) is 4.07. The number of aromatic amines is 1. The van der Waals surface area contributed by atoms with Gasteiger partial charge in [0.1, 0.15) is 5.75 Å². The number of nitrogens with one attached hydrogen (secondary N) is 2. The van der Waals surface area contributed by atoms with Gasteiger partial charge in [-0.25, -0.2) is 10.6 Å². The average Bonchev–Trinajstić information content (AvgIpc) is 3.04. The number of benzene rings is 2. The van der Waals surface area contributed by atoms with Gasteiger partial charge in [0.2, 0.25) is 4.77 Å². The fourth-order valence-electron chi connectivity index (χ4n) is 2.58. The van der Waals surface area contributed by atoms with E-state index < -0.39 is 0 Å². The summed E-state index contributed by atoms with van der Waals surface area (Å²) in [5.41, 5.74) is 6.15. The van der Waals surface area contributed by atoms with Crippen LogP contribution in [0.15, 0.2) is 53.6 Å². The fraction of sp³-hybridized carbons (Fsp3) is 0.250. The highest BCUT2D eigenvalue weighted by molar-refractivity contribution is 7.71. The van der Waals surface area contributed by atoms with Crippen molar-refractivity contribution in [3.05, 3.63) is 64.4 Å². The Morgan fingerprint density at radius 3 is 2.52 bits per heavy atom. The molecule has 2 N–H and O–H groups in total. The molecule has 6 nitrogen and oxygen atoms in total. The molecular formula is C20H23N5OS. The molecule has 0 radical (unpaired) electrons. The van der Waals surface area contributed by atoms with Crippen LogP contribution in [-0.2, 0) is 0 Å². The normalized spacial score (nSPS) is 11.3. The van der Waals surface area contributed by atoms with E-state index in [9.17, 15) is 0 Å². The third kappa shape index (κ3) is 4.62. The van der Waals surface area contributed by atoms with Gasteiger partial charge in [-0.3, -0.25) is 0 Å². The van der Waals surface area contributed by atoms with Gasteiger partial charge in [-0.2, -0.15) is 14.9 Å². The molecule has 0 amide bonds. The van der Waals surface area contributed by atoms with Crippen molar-refractivity contribution < 1.29 is 4.74 Å². The summed E-state index contributed by atoms with van der Waals surface area (Å²) in [6, 6.07) is 16.0. The number of aromatic nitrogens is 3. The van der Waals surface area contributed by atoms with Gasteiger partial charge in [0.05, 0.1) is 12.8 Å². The molecule has 0 saturated heterocycles. The van der Waals surface area contributed by atoms with Crippen molar-refractivity contribution in [2.24, 2.45) is 5.10 Å². The first-order valence-corrected chi connectivity index (χ1v) is 9.29. The van der Waals surface area contributed by atoms with Crippen molar-refractivity contribution in [2.75, 3.05) is 12.1 Å². The van der Waals surface area contributed by atoms with Gasteiger partial charge in [0, 0.05) is 5.56 Å². The highest BCUT2D eigenvalue weighted by Crippen LogP contribution is 2.20. The lowest BCUT2D eigenvalue weighted by molar-refractivity contribution is 0.340. The maximum atomic E-state index is 5.47. The molecule has 1 heterocycles. The first-order valence-electron chi connectivity index (χ1n) is 8.88. The number of nitrogens with zero attached hydrogens (tertiary/aromatic N) is 3. The Morgan fingerprint density at radius 1 is 1.19 bits per heavy atom. The highest BCUT2D eigenvalue weighted by Gasteiger charge is 2.08. The predicted octanol–water partition coefficient (Wildman–Crippen LogP) is 4.71. The van der Waals surface area contributed by atoms with E-state index in [4.69, 9.17) is 17.0 Å². The molecule has 0 bridgehead atoms. The number of hydrogen-bond donors (Lipinski definition) is 2. The molecule has 0 aliphatic carbocycles. The number of hydrazone groups is 1. The second-order valence-electron chi connectivity index (χ2n) is 6.32. The van der Waals surface area contributed by atoms with E-state index in [0.717, 1.165) is 16.9 Å². The molecule has 0 saturated carbocycles. The Hall–Kier alpha value is -2.93. The van der Waals surface area contributed by atoms with Crippen LogP contribution >= 0.6 is 12.2 Å². The summed E-state index contributed by atoms with van der Waals surface area (Å²) in [4.78, 5) is 0. The number of rotatable bonds is 7. The lowest BCUT2D eigenvalue weighted by Gasteiger charge is -2.07. The van der Waals surface area contributed by atoms with Crippen LogP contribution in [0.3, 0.4) is 0 Å². The second kappa shape index (κ2) is 8.64. The lowest BCUT2D eigenvalue weighted by atomic mass is 10.0. The van der Waals surface area contributed by atoms with Gasteiger partial charge in [0.25, 0.3) is 0 Å². The SMILES string of the molecule is CCOc1ccc(-c2n[nH]c(=S)n2N/N=C/c2ccc(C(C)C)cc2)cc1. The first-order chi connectivity index (χ1) is 13.1. The summed E-state index contributed by atoms with van der Waals surface area (Å²) in [7, 11) is 0. The predicted molar refractivity (Wildman–Crippen MR) is 112 cm³/mol. The van der Waals surface area contributed by atoms with Gasteiger partial charge in [0.15, 0.2) is 5.82 Å². The maximum absolute atomic E-state index is 5.47. The van der Waals surface area contributed by atoms with Gasteiger partial charge < -0.3 is 4.74 Å². The van der Waals surface area contributed by atoms with E-state index in [2.05, 4.69) is 46.8 Å². The van der Waals surface area contributed by atoms with Crippen LogP contribution in [0, 0.1) is 4.77 Å². The Morgan fingerprint density at radius 2 is 1.89 bits per heavy atom. The summed E-state index contributed by atoms with van der Waals surface area (Å²) < 4.78 is 7.54. The molecule has 0 unspecified atom stereocenters. The van der Waals surface area contributed by atoms with Crippen molar-refractivity contribution in [3.8, 4) is 17.1 Å². The van der Waals surface area contributed by atoms with Crippen molar-refractivity contribution in [1.82, 2.24) is 14.9 Å². The monoisotopic (exact) mass is 381 g/mol. The van der Waals surface area contributed by atoms with E-state index in [1.54, 1.807) is 10.9 Å². The standard InChI is InChI=1S/C20H23N5OS/c1-4-26-18-11-9-17(10-12-18)19-22-23-20(27)25(19)24-21-13-15-5-7-16(8-6-15)14(2)3/h5-14,24H,4H2,1-3H3,(H,23,27)/b21-13+. The van der Waals surface area contributed by atoms with Crippen LogP contribution in [0.25, 0.3) is 11.4 Å². The molecule has 0 aliphatic rings. The first kappa shape index (κ1) is 18.8. The summed E-state index contributed by atoms with van der Waals surface area (Å²) in [6.07, 6.45) is 1.75. The molecule has 27 heavy (non-hydrogen) atoms. The smallest absolute Gasteiger partial charge is 0.216 e. The van der Waals surface area contributed by atoms with Crippen LogP contribution in [0.1, 0.15) is 37.8 Å². The van der Waals surface area contributed by atoms with Crippen molar-refractivity contribution >= 4 is 18.4 Å². The Bertz CT molecular complexity index is 955. The quantitative estimate of drug-likeness (QED) is 0.353. The number of hydrogen-bond acceptors (Lipinski definition) is 5. The van der Waals surface area contributed by atoms with Crippen LogP contribution in [0.5, 0.6) is 5.75 Å². The van der Waals surface area contributed by atoms with Crippen LogP contribution in [0.2, 0.25) is 0 Å². The average molecular weight is 382 g/mol. The minimum absolute atomic E-state index is 0.436. The molecule has 0 spiro atoms. The second-order valence-corrected chi connectivity index (χ2v) is 6.71.